The molecular weight excluding hydrogens is 164 g/mol. The fourth-order valence-electron chi connectivity index (χ4n) is 1.18. The van der Waals surface area contributed by atoms with E-state index in [0.29, 0.717) is 0 Å². The molecule has 4 nitrogen and oxygen atoms in total. The summed E-state index contributed by atoms with van der Waals surface area (Å²) in [7, 11) is 1.74. The molecule has 1 fully saturated rings. The quantitative estimate of drug-likeness (QED) is 0.334. The largest absolute Gasteiger partial charge is 0.339 e. The molecule has 74 valence electrons. The van der Waals surface area contributed by atoms with E-state index in [1.807, 2.05) is 0 Å². The van der Waals surface area contributed by atoms with Crippen LogP contribution in [0.4, 0.5) is 0 Å². The van der Waals surface area contributed by atoms with Crippen molar-refractivity contribution in [1.82, 2.24) is 10.2 Å². The Morgan fingerprint density at radius 3 is 2.23 bits per heavy atom. The van der Waals surface area contributed by atoms with Crippen LogP contribution in [-0.4, -0.2) is 50.8 Å². The van der Waals surface area contributed by atoms with Crippen LogP contribution in [0.1, 0.15) is 0 Å². The standard InChI is InChI=1S/C7H14N4.C2H4/c1-8-7(9-2)11-5-3-10-4-6-11;1-2/h10H,1,3-6H2,2H3;1-2H2. The molecule has 1 saturated heterocycles. The lowest BCUT2D eigenvalue weighted by molar-refractivity contribution is 0.354. The van der Waals surface area contributed by atoms with E-state index in [1.165, 1.54) is 0 Å². The molecule has 4 heteroatoms. The van der Waals surface area contributed by atoms with Gasteiger partial charge in [-0.3, -0.25) is 4.99 Å². The van der Waals surface area contributed by atoms with Crippen LogP contribution >= 0.6 is 0 Å². The minimum Gasteiger partial charge on any atom is -0.339 e. The summed E-state index contributed by atoms with van der Waals surface area (Å²) < 4.78 is 0. The highest BCUT2D eigenvalue weighted by molar-refractivity contribution is 5.84. The molecule has 13 heavy (non-hydrogen) atoms. The molecule has 0 aromatic rings. The van der Waals surface area contributed by atoms with Crippen molar-refractivity contribution in [3.05, 3.63) is 13.2 Å². The van der Waals surface area contributed by atoms with Crippen LogP contribution < -0.4 is 5.32 Å². The minimum absolute atomic E-state index is 0.756. The first-order chi connectivity index (χ1) is 6.38. The Hall–Kier alpha value is -1.16. The maximum absolute atomic E-state index is 4.02. The molecule has 0 bridgehead atoms. The number of rotatable bonds is 0. The zero-order valence-electron chi connectivity index (χ0n) is 8.29. The molecular formula is C9H18N4. The Bertz CT molecular complexity index is 170. The van der Waals surface area contributed by atoms with Crippen LogP contribution in [-0.2, 0) is 0 Å². The molecule has 1 aliphatic heterocycles. The molecule has 1 aliphatic rings. The van der Waals surface area contributed by atoms with Crippen LogP contribution in [0.25, 0.3) is 0 Å². The summed E-state index contributed by atoms with van der Waals surface area (Å²) in [5, 5.41) is 3.26. The lowest BCUT2D eigenvalue weighted by Crippen LogP contribution is -2.45. The minimum atomic E-state index is 0.756. The van der Waals surface area contributed by atoms with E-state index in [1.54, 1.807) is 7.05 Å². The van der Waals surface area contributed by atoms with E-state index < -0.39 is 0 Å². The summed E-state index contributed by atoms with van der Waals surface area (Å²) in [5.74, 6) is 0.756. The van der Waals surface area contributed by atoms with Gasteiger partial charge in [-0.15, -0.1) is 13.2 Å². The Labute approximate surface area is 80.1 Å². The van der Waals surface area contributed by atoms with Crippen LogP contribution in [0.5, 0.6) is 0 Å². The average Bonchev–Trinajstić information content (AvgIpc) is 2.24. The lowest BCUT2D eigenvalue weighted by atomic mass is 10.4. The van der Waals surface area contributed by atoms with Gasteiger partial charge in [-0.2, -0.15) is 0 Å². The maximum atomic E-state index is 4.02. The molecule has 0 spiro atoms. The van der Waals surface area contributed by atoms with E-state index in [2.05, 4.69) is 40.1 Å². The second-order valence-corrected chi connectivity index (χ2v) is 2.42. The second kappa shape index (κ2) is 7.49. The fraction of sp³-hybridized carbons (Fsp3) is 0.556. The molecule has 0 radical (unpaired) electrons. The van der Waals surface area contributed by atoms with Crippen LogP contribution in [0.15, 0.2) is 23.1 Å². The van der Waals surface area contributed by atoms with Crippen molar-refractivity contribution in [3.8, 4) is 0 Å². The van der Waals surface area contributed by atoms with Crippen molar-refractivity contribution >= 4 is 12.7 Å². The first-order valence-corrected chi connectivity index (χ1v) is 4.27. The van der Waals surface area contributed by atoms with E-state index in [4.69, 9.17) is 0 Å². The number of nitrogens with zero attached hydrogens (tertiary/aromatic N) is 3. The zero-order valence-corrected chi connectivity index (χ0v) is 8.29. The van der Waals surface area contributed by atoms with Gasteiger partial charge in [0.05, 0.1) is 0 Å². The van der Waals surface area contributed by atoms with Gasteiger partial charge in [-0.05, 0) is 6.72 Å². The summed E-state index contributed by atoms with van der Waals surface area (Å²) in [6.07, 6.45) is 0. The second-order valence-electron chi connectivity index (χ2n) is 2.42. The molecule has 0 aromatic heterocycles. The molecule has 1 heterocycles. The van der Waals surface area contributed by atoms with Gasteiger partial charge in [-0.25, -0.2) is 4.99 Å². The van der Waals surface area contributed by atoms with E-state index >= 15 is 0 Å². The van der Waals surface area contributed by atoms with E-state index in [-0.39, 0.29) is 0 Å². The van der Waals surface area contributed by atoms with Gasteiger partial charge in [-0.1, -0.05) is 0 Å². The van der Waals surface area contributed by atoms with Crippen molar-refractivity contribution in [2.45, 2.75) is 0 Å². The summed E-state index contributed by atoms with van der Waals surface area (Å²) in [5.41, 5.74) is 0. The fourth-order valence-corrected chi connectivity index (χ4v) is 1.18. The molecule has 0 aliphatic carbocycles. The van der Waals surface area contributed by atoms with E-state index in [9.17, 15) is 0 Å². The number of piperazine rings is 1. The summed E-state index contributed by atoms with van der Waals surface area (Å²) in [4.78, 5) is 9.97. The molecule has 1 rings (SSSR count). The molecule has 1 N–H and O–H groups in total. The highest BCUT2D eigenvalue weighted by Crippen LogP contribution is 1.94. The first kappa shape index (κ1) is 11.8. The molecule has 0 aromatic carbocycles. The zero-order chi connectivity index (χ0) is 10.1. The molecule has 0 atom stereocenters. The number of guanidine groups is 1. The Morgan fingerprint density at radius 1 is 1.31 bits per heavy atom. The predicted molar refractivity (Wildman–Crippen MR) is 58.6 cm³/mol. The van der Waals surface area contributed by atoms with Crippen molar-refractivity contribution in [1.29, 1.82) is 0 Å². The van der Waals surface area contributed by atoms with Crippen LogP contribution in [0.3, 0.4) is 0 Å². The van der Waals surface area contributed by atoms with Crippen molar-refractivity contribution in [3.63, 3.8) is 0 Å². The third kappa shape index (κ3) is 3.85. The smallest absolute Gasteiger partial charge is 0.219 e. The highest BCUT2D eigenvalue weighted by Gasteiger charge is 2.11. The Kier molecular flexibility index (Phi) is 6.82. The normalized spacial score (nSPS) is 17.3. The number of hydrogen-bond acceptors (Lipinski definition) is 2. The monoisotopic (exact) mass is 182 g/mol. The lowest BCUT2D eigenvalue weighted by Gasteiger charge is -2.27. The van der Waals surface area contributed by atoms with Crippen molar-refractivity contribution in [2.75, 3.05) is 33.2 Å². The van der Waals surface area contributed by atoms with Crippen LogP contribution in [0.2, 0.25) is 0 Å². The first-order valence-electron chi connectivity index (χ1n) is 4.27. The van der Waals surface area contributed by atoms with E-state index in [0.717, 1.165) is 32.1 Å². The highest BCUT2D eigenvalue weighted by atomic mass is 15.3. The van der Waals surface area contributed by atoms with Gasteiger partial charge in [0, 0.05) is 33.2 Å². The summed E-state index contributed by atoms with van der Waals surface area (Å²) >= 11 is 0. The molecule has 0 saturated carbocycles. The van der Waals surface area contributed by atoms with Gasteiger partial charge >= 0.3 is 0 Å². The van der Waals surface area contributed by atoms with Crippen LogP contribution in [0, 0.1) is 0 Å². The Morgan fingerprint density at radius 2 is 1.85 bits per heavy atom. The van der Waals surface area contributed by atoms with Gasteiger partial charge in [0.25, 0.3) is 0 Å². The van der Waals surface area contributed by atoms with Gasteiger partial charge in [0.15, 0.2) is 0 Å². The number of nitrogens with one attached hydrogen (secondary N) is 1. The molecule has 0 amide bonds. The molecule has 0 unspecified atom stereocenters. The average molecular weight is 182 g/mol. The summed E-state index contributed by atoms with van der Waals surface area (Å²) in [6, 6.07) is 0. The van der Waals surface area contributed by atoms with Crippen molar-refractivity contribution < 1.29 is 0 Å². The third-order valence-corrected chi connectivity index (χ3v) is 1.74. The third-order valence-electron chi connectivity index (χ3n) is 1.74. The van der Waals surface area contributed by atoms with Crippen molar-refractivity contribution in [2.24, 2.45) is 9.98 Å². The van der Waals surface area contributed by atoms with Gasteiger partial charge in [0.1, 0.15) is 0 Å². The number of aliphatic imine (C=N–C) groups is 2. The summed E-state index contributed by atoms with van der Waals surface area (Å²) in [6.45, 7) is 13.4. The Balaban J connectivity index is 0.000000671. The topological polar surface area (TPSA) is 40.0 Å². The maximum Gasteiger partial charge on any atom is 0.219 e. The SMILES string of the molecule is C=C.C=NC(=NC)N1CCNCC1. The van der Waals surface area contributed by atoms with Gasteiger partial charge in [0.2, 0.25) is 5.96 Å². The predicted octanol–water partition coefficient (Wildman–Crippen LogP) is 0.380. The number of hydrogen-bond donors (Lipinski definition) is 1. The van der Waals surface area contributed by atoms with Gasteiger partial charge < -0.3 is 10.2 Å².